The first-order valence-electron chi connectivity index (χ1n) is 7.46. The van der Waals surface area contributed by atoms with Gasteiger partial charge in [-0.05, 0) is 53.1 Å². The highest BCUT2D eigenvalue weighted by Crippen LogP contribution is 2.14. The maximum Gasteiger partial charge on any atom is 0.191 e. The molecule has 106 valence electrons. The standard InChI is InChI=1S/C14H30N4/c1-5-13(18-9-7-8-10-18)11-16-14(15-6-2)17-12(3)4/h12-13H,5-11H2,1-4H3,(H2,15,16,17). The molecule has 18 heavy (non-hydrogen) atoms. The van der Waals surface area contributed by atoms with Gasteiger partial charge in [0.1, 0.15) is 0 Å². The molecule has 0 aromatic carbocycles. The number of likely N-dealkylation sites (tertiary alicyclic amines) is 1. The summed E-state index contributed by atoms with van der Waals surface area (Å²) in [5.41, 5.74) is 0. The lowest BCUT2D eigenvalue weighted by molar-refractivity contribution is 0.242. The quantitative estimate of drug-likeness (QED) is 0.561. The van der Waals surface area contributed by atoms with Crippen molar-refractivity contribution in [2.75, 3.05) is 26.2 Å². The summed E-state index contributed by atoms with van der Waals surface area (Å²) in [5, 5.41) is 6.68. The fourth-order valence-electron chi connectivity index (χ4n) is 2.40. The Morgan fingerprint density at radius 3 is 2.39 bits per heavy atom. The maximum absolute atomic E-state index is 4.72. The fourth-order valence-corrected chi connectivity index (χ4v) is 2.40. The van der Waals surface area contributed by atoms with Crippen LogP contribution in [0.3, 0.4) is 0 Å². The molecule has 2 N–H and O–H groups in total. The van der Waals surface area contributed by atoms with E-state index in [1.165, 1.54) is 32.4 Å². The van der Waals surface area contributed by atoms with Crippen LogP contribution in [0.25, 0.3) is 0 Å². The zero-order valence-electron chi connectivity index (χ0n) is 12.5. The summed E-state index contributed by atoms with van der Waals surface area (Å²) in [7, 11) is 0. The molecule has 1 unspecified atom stereocenters. The van der Waals surface area contributed by atoms with Crippen molar-refractivity contribution in [2.24, 2.45) is 4.99 Å². The molecule has 0 radical (unpaired) electrons. The second-order valence-electron chi connectivity index (χ2n) is 5.32. The van der Waals surface area contributed by atoms with Crippen molar-refractivity contribution in [1.82, 2.24) is 15.5 Å². The van der Waals surface area contributed by atoms with Gasteiger partial charge in [-0.25, -0.2) is 0 Å². The van der Waals surface area contributed by atoms with Gasteiger partial charge in [-0.3, -0.25) is 9.89 Å². The van der Waals surface area contributed by atoms with Crippen LogP contribution in [0.5, 0.6) is 0 Å². The molecule has 0 bridgehead atoms. The van der Waals surface area contributed by atoms with Gasteiger partial charge in [0, 0.05) is 18.6 Å². The van der Waals surface area contributed by atoms with E-state index in [0.717, 1.165) is 19.0 Å². The van der Waals surface area contributed by atoms with Gasteiger partial charge in [0.25, 0.3) is 0 Å². The zero-order chi connectivity index (χ0) is 13.4. The predicted octanol–water partition coefficient (Wildman–Crippen LogP) is 1.82. The number of nitrogens with one attached hydrogen (secondary N) is 2. The van der Waals surface area contributed by atoms with Crippen LogP contribution < -0.4 is 10.6 Å². The molecule has 0 aromatic rings. The minimum atomic E-state index is 0.426. The molecule has 0 amide bonds. The third-order valence-corrected chi connectivity index (χ3v) is 3.36. The first-order valence-corrected chi connectivity index (χ1v) is 7.46. The Hall–Kier alpha value is -0.770. The topological polar surface area (TPSA) is 39.7 Å². The van der Waals surface area contributed by atoms with Crippen LogP contribution in [0.15, 0.2) is 4.99 Å². The molecule has 1 fully saturated rings. The lowest BCUT2D eigenvalue weighted by Gasteiger charge is -2.25. The first-order chi connectivity index (χ1) is 8.67. The molecule has 0 saturated carbocycles. The van der Waals surface area contributed by atoms with Gasteiger partial charge < -0.3 is 10.6 Å². The summed E-state index contributed by atoms with van der Waals surface area (Å²) in [6, 6.07) is 1.03. The molecule has 4 nitrogen and oxygen atoms in total. The average Bonchev–Trinajstić information content (AvgIpc) is 2.83. The van der Waals surface area contributed by atoms with E-state index in [0.29, 0.717) is 12.1 Å². The number of rotatable bonds is 6. The number of nitrogens with zero attached hydrogens (tertiary/aromatic N) is 2. The van der Waals surface area contributed by atoms with E-state index in [-0.39, 0.29) is 0 Å². The molecule has 1 saturated heterocycles. The average molecular weight is 254 g/mol. The molecule has 0 aliphatic carbocycles. The molecule has 1 aliphatic rings. The molecule has 1 aliphatic heterocycles. The minimum absolute atomic E-state index is 0.426. The van der Waals surface area contributed by atoms with Gasteiger partial charge >= 0.3 is 0 Å². The largest absolute Gasteiger partial charge is 0.357 e. The Morgan fingerprint density at radius 1 is 1.22 bits per heavy atom. The Morgan fingerprint density at radius 2 is 1.89 bits per heavy atom. The number of guanidine groups is 1. The summed E-state index contributed by atoms with van der Waals surface area (Å²) in [5.74, 6) is 0.949. The van der Waals surface area contributed by atoms with E-state index < -0.39 is 0 Å². The summed E-state index contributed by atoms with van der Waals surface area (Å²) < 4.78 is 0. The Bertz CT molecular complexity index is 244. The van der Waals surface area contributed by atoms with E-state index in [1.54, 1.807) is 0 Å². The summed E-state index contributed by atoms with van der Waals surface area (Å²) in [6.45, 7) is 13.0. The molecule has 1 rings (SSSR count). The van der Waals surface area contributed by atoms with Crippen molar-refractivity contribution in [2.45, 2.75) is 59.0 Å². The van der Waals surface area contributed by atoms with Crippen molar-refractivity contribution in [3.63, 3.8) is 0 Å². The van der Waals surface area contributed by atoms with Crippen molar-refractivity contribution < 1.29 is 0 Å². The Balaban J connectivity index is 2.49. The number of aliphatic imine (C=N–C) groups is 1. The SMILES string of the molecule is CCNC(=NCC(CC)N1CCCC1)NC(C)C. The van der Waals surface area contributed by atoms with Crippen molar-refractivity contribution in [3.8, 4) is 0 Å². The highest BCUT2D eigenvalue weighted by atomic mass is 15.2. The van der Waals surface area contributed by atoms with E-state index in [9.17, 15) is 0 Å². The van der Waals surface area contributed by atoms with Crippen LogP contribution in [-0.4, -0.2) is 49.1 Å². The van der Waals surface area contributed by atoms with Crippen LogP contribution in [0.1, 0.15) is 47.0 Å². The number of hydrogen-bond donors (Lipinski definition) is 2. The van der Waals surface area contributed by atoms with Gasteiger partial charge in [0.15, 0.2) is 5.96 Å². The second kappa shape index (κ2) is 8.35. The molecular weight excluding hydrogens is 224 g/mol. The monoisotopic (exact) mass is 254 g/mol. The van der Waals surface area contributed by atoms with Gasteiger partial charge in [0.2, 0.25) is 0 Å². The summed E-state index contributed by atoms with van der Waals surface area (Å²) in [6.07, 6.45) is 3.89. The van der Waals surface area contributed by atoms with Crippen LogP contribution in [0.4, 0.5) is 0 Å². The van der Waals surface area contributed by atoms with Gasteiger partial charge in [0.05, 0.1) is 6.54 Å². The van der Waals surface area contributed by atoms with Crippen LogP contribution in [0, 0.1) is 0 Å². The molecule has 1 atom stereocenters. The molecule has 1 heterocycles. The van der Waals surface area contributed by atoms with Gasteiger partial charge in [-0.1, -0.05) is 6.92 Å². The number of hydrogen-bond acceptors (Lipinski definition) is 2. The van der Waals surface area contributed by atoms with Crippen molar-refractivity contribution in [1.29, 1.82) is 0 Å². The lowest BCUT2D eigenvalue weighted by Crippen LogP contribution is -2.42. The third-order valence-electron chi connectivity index (χ3n) is 3.36. The smallest absolute Gasteiger partial charge is 0.191 e. The lowest BCUT2D eigenvalue weighted by atomic mass is 10.2. The summed E-state index contributed by atoms with van der Waals surface area (Å²) in [4.78, 5) is 7.31. The third kappa shape index (κ3) is 5.25. The van der Waals surface area contributed by atoms with Crippen molar-refractivity contribution >= 4 is 5.96 Å². The summed E-state index contributed by atoms with van der Waals surface area (Å²) >= 11 is 0. The van der Waals surface area contributed by atoms with E-state index in [2.05, 4.69) is 43.2 Å². The molecular formula is C14H30N4. The maximum atomic E-state index is 4.72. The van der Waals surface area contributed by atoms with Crippen molar-refractivity contribution in [3.05, 3.63) is 0 Å². The van der Waals surface area contributed by atoms with E-state index in [1.807, 2.05) is 0 Å². The normalized spacial score (nSPS) is 19.3. The van der Waals surface area contributed by atoms with Crippen LogP contribution >= 0.6 is 0 Å². The van der Waals surface area contributed by atoms with Crippen LogP contribution in [0.2, 0.25) is 0 Å². The molecule has 0 spiro atoms. The van der Waals surface area contributed by atoms with E-state index >= 15 is 0 Å². The predicted molar refractivity (Wildman–Crippen MR) is 79.1 cm³/mol. The Labute approximate surface area is 112 Å². The minimum Gasteiger partial charge on any atom is -0.357 e. The highest BCUT2D eigenvalue weighted by Gasteiger charge is 2.20. The van der Waals surface area contributed by atoms with Gasteiger partial charge in [-0.15, -0.1) is 0 Å². The first kappa shape index (κ1) is 15.3. The Kier molecular flexibility index (Phi) is 7.09. The van der Waals surface area contributed by atoms with E-state index in [4.69, 9.17) is 4.99 Å². The second-order valence-corrected chi connectivity index (χ2v) is 5.32. The fraction of sp³-hybridized carbons (Fsp3) is 0.929. The van der Waals surface area contributed by atoms with Crippen LogP contribution in [-0.2, 0) is 0 Å². The zero-order valence-corrected chi connectivity index (χ0v) is 12.5. The highest BCUT2D eigenvalue weighted by molar-refractivity contribution is 5.79. The molecule has 4 heteroatoms. The molecule has 0 aromatic heterocycles. The van der Waals surface area contributed by atoms with Gasteiger partial charge in [-0.2, -0.15) is 0 Å².